The van der Waals surface area contributed by atoms with Crippen LogP contribution in [0.3, 0.4) is 0 Å². The summed E-state index contributed by atoms with van der Waals surface area (Å²) in [6, 6.07) is 33.0. The Labute approximate surface area is 256 Å². The number of fused-ring (bicyclic) bond motifs is 1. The van der Waals surface area contributed by atoms with Crippen molar-refractivity contribution >= 4 is 50.2 Å². The number of carbonyl (C=O) groups is 1. The highest BCUT2D eigenvalue weighted by atomic mass is 35.5. The van der Waals surface area contributed by atoms with Gasteiger partial charge in [0.25, 0.3) is 15.9 Å². The quantitative estimate of drug-likeness (QED) is 0.136. The van der Waals surface area contributed by atoms with Gasteiger partial charge in [0.1, 0.15) is 18.9 Å². The molecule has 0 fully saturated rings. The van der Waals surface area contributed by atoms with Gasteiger partial charge in [0.05, 0.1) is 16.8 Å². The summed E-state index contributed by atoms with van der Waals surface area (Å²) in [7, 11) is -4.08. The average Bonchev–Trinajstić information content (AvgIpc) is 3.01. The lowest BCUT2D eigenvalue weighted by molar-refractivity contribution is -0.119. The van der Waals surface area contributed by atoms with E-state index in [0.717, 1.165) is 31.8 Å². The lowest BCUT2D eigenvalue weighted by Crippen LogP contribution is -2.40. The van der Waals surface area contributed by atoms with E-state index in [4.69, 9.17) is 16.3 Å². The van der Waals surface area contributed by atoms with Crippen LogP contribution in [-0.2, 0) is 21.4 Å². The number of hydrogen-bond donors (Lipinski definition) is 1. The fraction of sp³-hybridized carbons (Fsp3) is 0.118. The number of hydrazone groups is 1. The SMILES string of the molecule is Cc1ccc(S(=O)(=O)N(CC(=O)N/N=C/c2ccc(OCc3cccc4ccccc34)cc2)c2cccc(Cl)c2C)cc1. The van der Waals surface area contributed by atoms with Crippen molar-refractivity contribution in [2.24, 2.45) is 5.10 Å². The molecule has 5 rings (SSSR count). The highest BCUT2D eigenvalue weighted by Gasteiger charge is 2.28. The van der Waals surface area contributed by atoms with Crippen LogP contribution in [0.15, 0.2) is 119 Å². The van der Waals surface area contributed by atoms with E-state index in [1.807, 2.05) is 55.5 Å². The molecule has 0 aromatic heterocycles. The number of nitrogens with one attached hydrogen (secondary N) is 1. The number of nitrogens with zero attached hydrogens (tertiary/aromatic N) is 2. The van der Waals surface area contributed by atoms with E-state index < -0.39 is 22.5 Å². The predicted molar refractivity (Wildman–Crippen MR) is 172 cm³/mol. The third kappa shape index (κ3) is 7.05. The lowest BCUT2D eigenvalue weighted by Gasteiger charge is -2.25. The van der Waals surface area contributed by atoms with E-state index in [2.05, 4.69) is 28.7 Å². The number of anilines is 1. The summed E-state index contributed by atoms with van der Waals surface area (Å²) < 4.78 is 34.3. The van der Waals surface area contributed by atoms with Crippen molar-refractivity contribution in [3.05, 3.63) is 136 Å². The molecular formula is C34H30ClN3O4S. The van der Waals surface area contributed by atoms with Crippen LogP contribution < -0.4 is 14.5 Å². The fourth-order valence-corrected chi connectivity index (χ4v) is 6.23. The van der Waals surface area contributed by atoms with Gasteiger partial charge >= 0.3 is 0 Å². The summed E-state index contributed by atoms with van der Waals surface area (Å²) in [5, 5.41) is 6.75. The molecule has 0 unspecified atom stereocenters. The van der Waals surface area contributed by atoms with E-state index in [1.54, 1.807) is 37.3 Å². The summed E-state index contributed by atoms with van der Waals surface area (Å²) in [6.07, 6.45) is 1.48. The number of sulfonamides is 1. The molecule has 1 amide bonds. The van der Waals surface area contributed by atoms with Crippen molar-refractivity contribution in [3.63, 3.8) is 0 Å². The molecule has 43 heavy (non-hydrogen) atoms. The lowest BCUT2D eigenvalue weighted by atomic mass is 10.1. The van der Waals surface area contributed by atoms with Crippen LogP contribution in [0.1, 0.15) is 22.3 Å². The van der Waals surface area contributed by atoms with Crippen LogP contribution in [0.5, 0.6) is 5.75 Å². The molecule has 9 heteroatoms. The summed E-state index contributed by atoms with van der Waals surface area (Å²) in [5.41, 5.74) is 6.03. The van der Waals surface area contributed by atoms with E-state index in [-0.39, 0.29) is 4.90 Å². The molecule has 0 heterocycles. The zero-order valence-corrected chi connectivity index (χ0v) is 25.3. The Bertz CT molecular complexity index is 1890. The first-order chi connectivity index (χ1) is 20.7. The topological polar surface area (TPSA) is 88.1 Å². The van der Waals surface area contributed by atoms with Crippen molar-refractivity contribution in [2.45, 2.75) is 25.3 Å². The van der Waals surface area contributed by atoms with Gasteiger partial charge in [0, 0.05) is 5.02 Å². The third-order valence-corrected chi connectivity index (χ3v) is 9.14. The number of benzene rings is 5. The van der Waals surface area contributed by atoms with Gasteiger partial charge in [-0.15, -0.1) is 0 Å². The number of ether oxygens (including phenoxy) is 1. The van der Waals surface area contributed by atoms with E-state index in [9.17, 15) is 13.2 Å². The monoisotopic (exact) mass is 611 g/mol. The molecule has 0 aliphatic heterocycles. The molecule has 0 saturated heterocycles. The van der Waals surface area contributed by atoms with Crippen LogP contribution >= 0.6 is 11.6 Å². The van der Waals surface area contributed by atoms with Gasteiger partial charge in [-0.3, -0.25) is 9.10 Å². The second kappa shape index (κ2) is 13.1. The maximum absolute atomic E-state index is 13.6. The minimum absolute atomic E-state index is 0.0662. The first-order valence-corrected chi connectivity index (χ1v) is 15.4. The zero-order valence-electron chi connectivity index (χ0n) is 23.7. The number of rotatable bonds is 10. The zero-order chi connectivity index (χ0) is 30.4. The highest BCUT2D eigenvalue weighted by Crippen LogP contribution is 2.31. The van der Waals surface area contributed by atoms with Gasteiger partial charge < -0.3 is 4.74 Å². The Morgan fingerprint density at radius 3 is 2.35 bits per heavy atom. The molecule has 0 atom stereocenters. The van der Waals surface area contributed by atoms with Crippen LogP contribution in [-0.4, -0.2) is 27.1 Å². The predicted octanol–water partition coefficient (Wildman–Crippen LogP) is 7.03. The number of hydrogen-bond acceptors (Lipinski definition) is 5. The maximum Gasteiger partial charge on any atom is 0.264 e. The first-order valence-electron chi connectivity index (χ1n) is 13.6. The van der Waals surface area contributed by atoms with E-state index in [1.165, 1.54) is 18.3 Å². The molecular weight excluding hydrogens is 582 g/mol. The van der Waals surface area contributed by atoms with Gasteiger partial charge in [-0.1, -0.05) is 77.8 Å². The van der Waals surface area contributed by atoms with E-state index in [0.29, 0.717) is 28.6 Å². The third-order valence-electron chi connectivity index (χ3n) is 6.96. The molecule has 218 valence electrons. The Morgan fingerprint density at radius 2 is 1.58 bits per heavy atom. The molecule has 0 radical (unpaired) electrons. The molecule has 0 spiro atoms. The Morgan fingerprint density at radius 1 is 0.884 bits per heavy atom. The van der Waals surface area contributed by atoms with Crippen molar-refractivity contribution < 1.29 is 17.9 Å². The van der Waals surface area contributed by atoms with Crippen LogP contribution in [0.4, 0.5) is 5.69 Å². The average molecular weight is 612 g/mol. The van der Waals surface area contributed by atoms with Crippen molar-refractivity contribution in [1.29, 1.82) is 0 Å². The van der Waals surface area contributed by atoms with Crippen LogP contribution in [0, 0.1) is 13.8 Å². The highest BCUT2D eigenvalue weighted by molar-refractivity contribution is 7.92. The minimum atomic E-state index is -4.08. The largest absolute Gasteiger partial charge is 0.489 e. The molecule has 5 aromatic rings. The van der Waals surface area contributed by atoms with Crippen LogP contribution in [0.25, 0.3) is 10.8 Å². The minimum Gasteiger partial charge on any atom is -0.489 e. The van der Waals surface area contributed by atoms with Gasteiger partial charge in [0.2, 0.25) is 0 Å². The Balaban J connectivity index is 1.25. The molecule has 0 aliphatic carbocycles. The number of halogens is 1. The first kappa shape index (κ1) is 29.8. The molecule has 1 N–H and O–H groups in total. The molecule has 7 nitrogen and oxygen atoms in total. The Hall–Kier alpha value is -4.66. The number of carbonyl (C=O) groups excluding carboxylic acids is 1. The van der Waals surface area contributed by atoms with Crippen molar-refractivity contribution in [2.75, 3.05) is 10.8 Å². The Kier molecular flexibility index (Phi) is 9.09. The van der Waals surface area contributed by atoms with Gasteiger partial charge in [-0.05, 0) is 89.8 Å². The van der Waals surface area contributed by atoms with Gasteiger partial charge in [0.15, 0.2) is 0 Å². The summed E-state index contributed by atoms with van der Waals surface area (Å²) in [4.78, 5) is 13.0. The second-order valence-electron chi connectivity index (χ2n) is 10.00. The van der Waals surface area contributed by atoms with Crippen molar-refractivity contribution in [1.82, 2.24) is 5.43 Å². The smallest absolute Gasteiger partial charge is 0.264 e. The molecule has 0 saturated carbocycles. The number of amides is 1. The normalized spacial score (nSPS) is 11.5. The fourth-order valence-electron chi connectivity index (χ4n) is 4.58. The molecule has 5 aromatic carbocycles. The molecule has 0 bridgehead atoms. The summed E-state index contributed by atoms with van der Waals surface area (Å²) in [5.74, 6) is 0.0873. The second-order valence-corrected chi connectivity index (χ2v) is 12.3. The number of aryl methyl sites for hydroxylation is 1. The summed E-state index contributed by atoms with van der Waals surface area (Å²) >= 11 is 6.29. The maximum atomic E-state index is 13.6. The van der Waals surface area contributed by atoms with Crippen molar-refractivity contribution in [3.8, 4) is 5.75 Å². The summed E-state index contributed by atoms with van der Waals surface area (Å²) in [6.45, 7) is 3.52. The standard InChI is InChI=1S/C34H30ClN3O4S/c1-24-13-19-30(20-14-24)43(40,41)38(33-12-6-11-32(35)25(33)2)22-34(39)37-36-21-26-15-17-29(18-16-26)42-23-28-9-5-8-27-7-3-4-10-31(27)28/h3-21H,22-23H2,1-2H3,(H,37,39)/b36-21+. The van der Waals surface area contributed by atoms with Gasteiger partial charge in [-0.25, -0.2) is 13.8 Å². The molecule has 0 aliphatic rings. The van der Waals surface area contributed by atoms with E-state index >= 15 is 0 Å². The van der Waals surface area contributed by atoms with Gasteiger partial charge in [-0.2, -0.15) is 5.10 Å². The van der Waals surface area contributed by atoms with Crippen LogP contribution in [0.2, 0.25) is 5.02 Å².